The first-order valence-corrected chi connectivity index (χ1v) is 9.71. The van der Waals surface area contributed by atoms with Gasteiger partial charge in [0.05, 0.1) is 14.2 Å². The van der Waals surface area contributed by atoms with Crippen LogP contribution in [0.2, 0.25) is 0 Å². The van der Waals surface area contributed by atoms with E-state index in [1.54, 1.807) is 14.2 Å². The zero-order valence-corrected chi connectivity index (χ0v) is 16.8. The molecule has 0 amide bonds. The molecule has 0 fully saturated rings. The Morgan fingerprint density at radius 1 is 0.964 bits per heavy atom. The largest absolute Gasteiger partial charge is 0.493 e. The van der Waals surface area contributed by atoms with E-state index in [0.717, 1.165) is 41.0 Å². The fourth-order valence-electron chi connectivity index (χ4n) is 3.17. The molecule has 0 aromatic heterocycles. The van der Waals surface area contributed by atoms with Crippen LogP contribution in [0.15, 0.2) is 52.7 Å². The Kier molecular flexibility index (Phi) is 6.86. The van der Waals surface area contributed by atoms with Crippen LogP contribution in [0.3, 0.4) is 0 Å². The van der Waals surface area contributed by atoms with Crippen molar-refractivity contribution in [2.75, 3.05) is 14.2 Å². The fraction of sp³-hybridized carbons (Fsp3) is 0.333. The zero-order valence-electron chi connectivity index (χ0n) is 16.8. The summed E-state index contributed by atoms with van der Waals surface area (Å²) in [6, 6.07) is 14.1. The average molecular weight is 374 g/mol. The monoisotopic (exact) mass is 374 g/mol. The molecule has 1 aliphatic heterocycles. The minimum absolute atomic E-state index is 0.621. The molecule has 2 aromatic rings. The molecule has 0 radical (unpaired) electrons. The lowest BCUT2D eigenvalue weighted by molar-refractivity contribution is 0.354. The first-order chi connectivity index (χ1) is 13.8. The molecule has 0 aliphatic carbocycles. The number of hydrogen-bond acceptors (Lipinski definition) is 4. The van der Waals surface area contributed by atoms with Crippen LogP contribution < -0.4 is 9.47 Å². The van der Waals surface area contributed by atoms with Crippen LogP contribution in [0.25, 0.3) is 0 Å². The fourth-order valence-corrected chi connectivity index (χ4v) is 3.17. The van der Waals surface area contributed by atoms with E-state index in [-0.39, 0.29) is 0 Å². The van der Waals surface area contributed by atoms with Gasteiger partial charge >= 0.3 is 0 Å². The molecule has 4 nitrogen and oxygen atoms in total. The van der Waals surface area contributed by atoms with Crippen molar-refractivity contribution < 1.29 is 9.47 Å². The Hall–Kier alpha value is -3.06. The number of nitrogens with zero attached hydrogens (tertiary/aromatic N) is 2. The van der Waals surface area contributed by atoms with Gasteiger partial charge in [-0.05, 0) is 30.0 Å². The molecule has 0 saturated carbocycles. The highest BCUT2D eigenvalue weighted by molar-refractivity contribution is 6.16. The molecule has 1 heterocycles. The number of fused-ring (bicyclic) bond motifs is 1. The summed E-state index contributed by atoms with van der Waals surface area (Å²) in [5.74, 6) is 7.85. The normalized spacial score (nSPS) is 12.7. The second-order valence-electron chi connectivity index (χ2n) is 6.66. The third kappa shape index (κ3) is 4.61. The summed E-state index contributed by atoms with van der Waals surface area (Å²) in [7, 11) is 3.29. The molecule has 0 spiro atoms. The number of rotatable bonds is 6. The Bertz CT molecular complexity index is 934. The lowest BCUT2D eigenvalue weighted by Gasteiger charge is -2.14. The van der Waals surface area contributed by atoms with E-state index in [4.69, 9.17) is 9.47 Å². The van der Waals surface area contributed by atoms with E-state index in [2.05, 4.69) is 29.0 Å². The Morgan fingerprint density at radius 3 is 2.43 bits per heavy atom. The highest BCUT2D eigenvalue weighted by atomic mass is 16.5. The predicted molar refractivity (Wildman–Crippen MR) is 115 cm³/mol. The molecule has 28 heavy (non-hydrogen) atoms. The van der Waals surface area contributed by atoms with Crippen LogP contribution in [0, 0.1) is 11.8 Å². The van der Waals surface area contributed by atoms with Crippen molar-refractivity contribution in [2.24, 2.45) is 10.2 Å². The molecular formula is C24H26N2O2. The minimum Gasteiger partial charge on any atom is -0.493 e. The number of unbranched alkanes of at least 4 members (excludes halogenated alkanes) is 3. The average Bonchev–Trinajstić information content (AvgIpc) is 2.92. The summed E-state index contributed by atoms with van der Waals surface area (Å²) in [5.41, 5.74) is 4.68. The summed E-state index contributed by atoms with van der Waals surface area (Å²) >= 11 is 0. The summed E-state index contributed by atoms with van der Waals surface area (Å²) in [6.45, 7) is 2.20. The maximum Gasteiger partial charge on any atom is 0.161 e. The number of hydrogen-bond donors (Lipinski definition) is 0. The van der Waals surface area contributed by atoms with Crippen molar-refractivity contribution in [1.29, 1.82) is 0 Å². The van der Waals surface area contributed by atoms with Crippen molar-refractivity contribution in [3.63, 3.8) is 0 Å². The SMILES string of the molecule is CCCCCC#CC1=NN=C(c2ccccc2)c2cc(OC)c(OC)cc2C1. The minimum atomic E-state index is 0.621. The number of ether oxygens (including phenoxy) is 2. The molecule has 0 unspecified atom stereocenters. The zero-order chi connectivity index (χ0) is 19.8. The van der Waals surface area contributed by atoms with Crippen molar-refractivity contribution in [1.82, 2.24) is 0 Å². The summed E-state index contributed by atoms with van der Waals surface area (Å²) in [6.07, 6.45) is 5.04. The highest BCUT2D eigenvalue weighted by Crippen LogP contribution is 2.33. The number of benzene rings is 2. The molecule has 0 N–H and O–H groups in total. The van der Waals surface area contributed by atoms with Crippen molar-refractivity contribution >= 4 is 11.4 Å². The van der Waals surface area contributed by atoms with E-state index in [0.29, 0.717) is 17.9 Å². The molecule has 4 heteroatoms. The standard InChI is InChI=1S/C24H26N2O2/c1-4-5-6-7-11-14-20-15-19-16-22(27-2)23(28-3)17-21(19)24(26-25-20)18-12-9-8-10-13-18/h8-10,12-13,16-17H,4-7,15H2,1-3H3. The summed E-state index contributed by atoms with van der Waals surface area (Å²) in [5, 5.41) is 9.04. The van der Waals surface area contributed by atoms with Crippen molar-refractivity contribution in [3.8, 4) is 23.3 Å². The van der Waals surface area contributed by atoms with Gasteiger partial charge in [0.25, 0.3) is 0 Å². The van der Waals surface area contributed by atoms with E-state index < -0.39 is 0 Å². The van der Waals surface area contributed by atoms with Crippen LogP contribution in [-0.4, -0.2) is 25.6 Å². The number of methoxy groups -OCH3 is 2. The first kappa shape index (κ1) is 19.7. The molecule has 144 valence electrons. The Balaban J connectivity index is 2.03. The molecule has 0 bridgehead atoms. The highest BCUT2D eigenvalue weighted by Gasteiger charge is 2.20. The van der Waals surface area contributed by atoms with Gasteiger partial charge in [-0.25, -0.2) is 0 Å². The van der Waals surface area contributed by atoms with E-state index in [1.807, 2.05) is 42.5 Å². The van der Waals surface area contributed by atoms with E-state index >= 15 is 0 Å². The van der Waals surface area contributed by atoms with Crippen LogP contribution >= 0.6 is 0 Å². The quantitative estimate of drug-likeness (QED) is 0.525. The molecule has 3 rings (SSSR count). The van der Waals surface area contributed by atoms with E-state index in [9.17, 15) is 0 Å². The maximum atomic E-state index is 5.51. The van der Waals surface area contributed by atoms with Gasteiger partial charge in [-0.2, -0.15) is 0 Å². The third-order valence-corrected chi connectivity index (χ3v) is 4.68. The van der Waals surface area contributed by atoms with Crippen molar-refractivity contribution in [3.05, 3.63) is 59.2 Å². The molecule has 1 aliphatic rings. The second-order valence-corrected chi connectivity index (χ2v) is 6.66. The smallest absolute Gasteiger partial charge is 0.161 e. The van der Waals surface area contributed by atoms with Gasteiger partial charge in [0.1, 0.15) is 11.4 Å². The van der Waals surface area contributed by atoms with Crippen molar-refractivity contribution in [2.45, 2.75) is 39.0 Å². The van der Waals surface area contributed by atoms with Gasteiger partial charge < -0.3 is 9.47 Å². The second kappa shape index (κ2) is 9.75. The van der Waals surface area contributed by atoms with Gasteiger partial charge in [-0.3, -0.25) is 0 Å². The van der Waals surface area contributed by atoms with E-state index in [1.165, 1.54) is 12.8 Å². The van der Waals surface area contributed by atoms with Gasteiger partial charge in [0.15, 0.2) is 11.5 Å². The molecule has 0 atom stereocenters. The van der Waals surface area contributed by atoms with Gasteiger partial charge in [0, 0.05) is 24.0 Å². The van der Waals surface area contributed by atoms with Gasteiger partial charge in [0.2, 0.25) is 0 Å². The molecule has 0 saturated heterocycles. The van der Waals surface area contributed by atoms with Crippen LogP contribution in [0.4, 0.5) is 0 Å². The maximum absolute atomic E-state index is 5.51. The lowest BCUT2D eigenvalue weighted by Crippen LogP contribution is -2.08. The van der Waals surface area contributed by atoms with Crippen LogP contribution in [0.1, 0.15) is 49.3 Å². The molecular weight excluding hydrogens is 348 g/mol. The third-order valence-electron chi connectivity index (χ3n) is 4.68. The lowest BCUT2D eigenvalue weighted by atomic mass is 9.94. The predicted octanol–water partition coefficient (Wildman–Crippen LogP) is 5.04. The summed E-state index contributed by atoms with van der Waals surface area (Å²) < 4.78 is 11.0. The molecule has 2 aromatic carbocycles. The Labute approximate surface area is 167 Å². The van der Waals surface area contributed by atoms with Crippen LogP contribution in [-0.2, 0) is 6.42 Å². The van der Waals surface area contributed by atoms with Crippen LogP contribution in [0.5, 0.6) is 11.5 Å². The summed E-state index contributed by atoms with van der Waals surface area (Å²) in [4.78, 5) is 0. The Morgan fingerprint density at radius 2 is 1.71 bits per heavy atom. The van der Waals surface area contributed by atoms with Gasteiger partial charge in [-0.15, -0.1) is 10.2 Å². The van der Waals surface area contributed by atoms with Gasteiger partial charge in [-0.1, -0.05) is 56.0 Å². The topological polar surface area (TPSA) is 43.2 Å². The first-order valence-electron chi connectivity index (χ1n) is 9.71.